The normalized spacial score (nSPS) is 22.0. The van der Waals surface area contributed by atoms with Gasteiger partial charge < -0.3 is 48.4 Å². The molecule has 67 heavy (non-hydrogen) atoms. The summed E-state index contributed by atoms with van der Waals surface area (Å²) < 4.78 is 0. The number of amides is 5. The monoisotopic (exact) mass is 919 g/mol. The highest BCUT2D eigenvalue weighted by molar-refractivity contribution is 5.98. The number of rotatable bonds is 16. The minimum atomic E-state index is -1.26. The molecule has 356 valence electrons. The molecular weight excluding hydrogens is 859 g/mol. The fourth-order valence-electron chi connectivity index (χ4n) is 8.46. The second-order valence-electron chi connectivity index (χ2n) is 17.6. The Kier molecular flexibility index (Phi) is 17.5. The molecule has 1 aliphatic heterocycles. The molecule has 3 heterocycles. The fourth-order valence-corrected chi connectivity index (χ4v) is 8.46. The van der Waals surface area contributed by atoms with Gasteiger partial charge in [0.25, 0.3) is 0 Å². The molecule has 2 fully saturated rings. The number of guanidine groups is 1. The third kappa shape index (κ3) is 14.9. The smallest absolute Gasteiger partial charge is 0.243 e. The molecule has 2 aromatic carbocycles. The predicted octanol–water partition coefficient (Wildman–Crippen LogP) is 1.35. The number of aliphatic imine (C=N–C) groups is 1. The van der Waals surface area contributed by atoms with Gasteiger partial charge in [0.05, 0.1) is 12.4 Å². The molecule has 1 saturated carbocycles. The largest absolute Gasteiger partial charge is 0.370 e. The van der Waals surface area contributed by atoms with E-state index in [0.29, 0.717) is 30.5 Å². The average molecular weight is 920 g/mol. The van der Waals surface area contributed by atoms with E-state index in [4.69, 9.17) is 17.2 Å². The minimum absolute atomic E-state index is 0.00779. The molecule has 0 unspecified atom stereocenters. The molecule has 19 nitrogen and oxygen atoms in total. The van der Waals surface area contributed by atoms with Crippen LogP contribution in [0.3, 0.4) is 0 Å². The lowest BCUT2D eigenvalue weighted by Gasteiger charge is -2.26. The zero-order valence-corrected chi connectivity index (χ0v) is 37.5. The molecule has 6 atom stereocenters. The van der Waals surface area contributed by atoms with E-state index in [9.17, 15) is 38.4 Å². The van der Waals surface area contributed by atoms with Crippen molar-refractivity contribution >= 4 is 63.7 Å². The fraction of sp³-hybridized carbons (Fsp3) is 0.458. The van der Waals surface area contributed by atoms with Crippen LogP contribution in [0.2, 0.25) is 0 Å². The van der Waals surface area contributed by atoms with E-state index in [1.807, 2.05) is 30.3 Å². The van der Waals surface area contributed by atoms with Gasteiger partial charge in [-0.1, -0.05) is 48.5 Å². The molecule has 2 aliphatic rings. The summed E-state index contributed by atoms with van der Waals surface area (Å²) in [5.74, 6) is -7.51. The summed E-state index contributed by atoms with van der Waals surface area (Å²) in [6.45, 7) is 0.111. The SMILES string of the molecule is NC(=O)[C@@H](CC(=O)[C@@H]1CCNC(=O)CC[C@H](NC(=O)C2CC2)C(=O)N[C@@H](Cc2cnc[nH]2)C(=O)N[C@H](Cc2ccccc2)C(=O)C[C@@H](CCCN=C(N)N)C(=O)C1)Cc1c[nH]c2ccccc12. The number of hydrogen-bond donors (Lipinski definition) is 9. The first kappa shape index (κ1) is 49.3. The highest BCUT2D eigenvalue weighted by Gasteiger charge is 2.36. The van der Waals surface area contributed by atoms with Gasteiger partial charge in [0.1, 0.15) is 23.7 Å². The molecule has 2 aromatic heterocycles. The topological polar surface area (TPSA) is 320 Å². The Morgan fingerprint density at radius 1 is 0.806 bits per heavy atom. The van der Waals surface area contributed by atoms with Crippen LogP contribution < -0.4 is 38.5 Å². The lowest BCUT2D eigenvalue weighted by Crippen LogP contribution is -2.57. The first-order valence-corrected chi connectivity index (χ1v) is 22.9. The Hall–Kier alpha value is -7.18. The van der Waals surface area contributed by atoms with Crippen LogP contribution in [0.1, 0.15) is 81.0 Å². The van der Waals surface area contributed by atoms with Gasteiger partial charge in [-0.25, -0.2) is 4.98 Å². The number of carbonyl (C=O) groups is 8. The Balaban J connectivity index is 1.32. The van der Waals surface area contributed by atoms with Crippen LogP contribution in [0, 0.1) is 23.7 Å². The number of aromatic amines is 2. The zero-order chi connectivity index (χ0) is 47.9. The molecule has 0 spiro atoms. The maximum absolute atomic E-state index is 14.6. The molecular formula is C48H61N11O8. The van der Waals surface area contributed by atoms with E-state index in [1.54, 1.807) is 30.5 Å². The number of carbonyl (C=O) groups excluding carboxylic acids is 8. The quantitative estimate of drug-likeness (QED) is 0.0439. The van der Waals surface area contributed by atoms with Crippen LogP contribution in [0.25, 0.3) is 10.9 Å². The summed E-state index contributed by atoms with van der Waals surface area (Å²) in [6.07, 6.45) is 5.35. The van der Waals surface area contributed by atoms with E-state index in [-0.39, 0.29) is 95.1 Å². The molecule has 12 N–H and O–H groups in total. The van der Waals surface area contributed by atoms with Crippen molar-refractivity contribution in [3.8, 4) is 0 Å². The van der Waals surface area contributed by atoms with Crippen molar-refractivity contribution in [2.45, 2.75) is 102 Å². The van der Waals surface area contributed by atoms with Crippen molar-refractivity contribution in [2.75, 3.05) is 13.1 Å². The molecule has 0 bridgehead atoms. The molecule has 1 aliphatic carbocycles. The maximum atomic E-state index is 14.6. The molecule has 19 heteroatoms. The van der Waals surface area contributed by atoms with Crippen LogP contribution in [0.4, 0.5) is 0 Å². The highest BCUT2D eigenvalue weighted by Crippen LogP contribution is 2.29. The van der Waals surface area contributed by atoms with Gasteiger partial charge in [-0.15, -0.1) is 0 Å². The summed E-state index contributed by atoms with van der Waals surface area (Å²) >= 11 is 0. The van der Waals surface area contributed by atoms with E-state index in [1.165, 1.54) is 12.5 Å². The van der Waals surface area contributed by atoms with Crippen molar-refractivity contribution < 1.29 is 38.4 Å². The van der Waals surface area contributed by atoms with E-state index in [0.717, 1.165) is 16.5 Å². The van der Waals surface area contributed by atoms with Gasteiger partial charge in [0.15, 0.2) is 11.7 Å². The third-order valence-corrected chi connectivity index (χ3v) is 12.5. The number of para-hydroxylation sites is 1. The van der Waals surface area contributed by atoms with Gasteiger partial charge in [-0.05, 0) is 68.6 Å². The molecule has 1 saturated heterocycles. The maximum Gasteiger partial charge on any atom is 0.243 e. The number of nitrogens with zero attached hydrogens (tertiary/aromatic N) is 2. The van der Waals surface area contributed by atoms with E-state index in [2.05, 4.69) is 41.2 Å². The van der Waals surface area contributed by atoms with Crippen LogP contribution in [0.15, 0.2) is 78.3 Å². The van der Waals surface area contributed by atoms with E-state index >= 15 is 0 Å². The third-order valence-electron chi connectivity index (χ3n) is 12.5. The number of H-pyrrole nitrogens is 2. The van der Waals surface area contributed by atoms with Crippen LogP contribution in [0.5, 0.6) is 0 Å². The summed E-state index contributed by atoms with van der Waals surface area (Å²) in [5, 5.41) is 12.0. The Morgan fingerprint density at radius 2 is 1.55 bits per heavy atom. The van der Waals surface area contributed by atoms with Gasteiger partial charge in [0.2, 0.25) is 29.5 Å². The molecule has 0 radical (unpaired) electrons. The standard InChI is InChI=1S/C48H61N11O8/c49-44(64)32(20-33-25-55-36-11-5-4-10-35(33)36)23-41(61)31-16-18-53-43(63)15-14-37(57-45(65)29-12-13-29)46(66)59-39(24-34-26-52-27-56-34)47(67)58-38(19-28-7-2-1-3-8-28)42(62)22-30(40(60)21-31)9-6-17-54-48(50)51/h1-5,7-8,10-11,25-27,29-32,37-39,55H,6,9,12-24H2,(H2,49,64)(H,52,56)(H,53,63)(H,57,65)(H,58,67)(H,59,66)(H4,50,51,54)/t30-,31-,32-,37+,38-,39+/m1/s1. The summed E-state index contributed by atoms with van der Waals surface area (Å²) in [7, 11) is 0. The first-order chi connectivity index (χ1) is 32.2. The molecule has 5 amide bonds. The first-order valence-electron chi connectivity index (χ1n) is 22.9. The number of aromatic nitrogens is 3. The van der Waals surface area contributed by atoms with Gasteiger partial charge >= 0.3 is 0 Å². The van der Waals surface area contributed by atoms with Crippen LogP contribution in [-0.2, 0) is 57.6 Å². The number of imidazole rings is 1. The van der Waals surface area contributed by atoms with Gasteiger partial charge in [-0.2, -0.15) is 0 Å². The van der Waals surface area contributed by atoms with E-state index < -0.39 is 76.9 Å². The number of nitrogens with one attached hydrogen (secondary N) is 6. The number of ketones is 3. The lowest BCUT2D eigenvalue weighted by atomic mass is 9.81. The van der Waals surface area contributed by atoms with Crippen molar-refractivity contribution in [3.05, 3.63) is 90.1 Å². The number of Topliss-reactive ketones (excluding diaryl/α,β-unsaturated/α-hetero) is 3. The highest BCUT2D eigenvalue weighted by atomic mass is 16.2. The molecule has 4 aromatic rings. The van der Waals surface area contributed by atoms with Crippen LogP contribution >= 0.6 is 0 Å². The van der Waals surface area contributed by atoms with Gasteiger partial charge in [0, 0.05) is 97.9 Å². The van der Waals surface area contributed by atoms with Crippen LogP contribution in [-0.4, -0.2) is 99.0 Å². The average Bonchev–Trinajstić information content (AvgIpc) is 3.89. The number of hydrogen-bond acceptors (Lipinski definition) is 10. The number of fused-ring (bicyclic) bond motifs is 1. The second-order valence-corrected chi connectivity index (χ2v) is 17.6. The van der Waals surface area contributed by atoms with Gasteiger partial charge in [-0.3, -0.25) is 43.3 Å². The Bertz CT molecular complexity index is 2410. The van der Waals surface area contributed by atoms with Crippen molar-refractivity contribution in [2.24, 2.45) is 45.9 Å². The predicted molar refractivity (Wildman–Crippen MR) is 248 cm³/mol. The lowest BCUT2D eigenvalue weighted by molar-refractivity contribution is -0.135. The molecule has 6 rings (SSSR count). The Morgan fingerprint density at radius 3 is 2.27 bits per heavy atom. The number of benzene rings is 2. The summed E-state index contributed by atoms with van der Waals surface area (Å²) in [5.41, 5.74) is 19.9. The Labute approximate surface area is 388 Å². The van der Waals surface area contributed by atoms with Crippen molar-refractivity contribution in [1.29, 1.82) is 0 Å². The minimum Gasteiger partial charge on any atom is -0.370 e. The van der Waals surface area contributed by atoms with Crippen molar-refractivity contribution in [1.82, 2.24) is 36.2 Å². The second kappa shape index (κ2) is 23.8. The summed E-state index contributed by atoms with van der Waals surface area (Å²) in [6, 6.07) is 12.9. The van der Waals surface area contributed by atoms with Crippen molar-refractivity contribution in [3.63, 3.8) is 0 Å². The number of primary amides is 1. The summed E-state index contributed by atoms with van der Waals surface area (Å²) in [4.78, 5) is 125. The zero-order valence-electron chi connectivity index (χ0n) is 37.5. The number of nitrogens with two attached hydrogens (primary N) is 3.